The number of carbonyl (C=O) groups excluding carboxylic acids is 1. The van der Waals surface area contributed by atoms with Crippen LogP contribution in [-0.2, 0) is 0 Å². The van der Waals surface area contributed by atoms with Gasteiger partial charge in [-0.1, -0.05) is 6.07 Å². The number of hydrogen-bond donors (Lipinski definition) is 1. The molecule has 0 fully saturated rings. The fourth-order valence-electron chi connectivity index (χ4n) is 1.82. The summed E-state index contributed by atoms with van der Waals surface area (Å²) < 4.78 is 5.05. The van der Waals surface area contributed by atoms with Crippen molar-refractivity contribution in [1.29, 1.82) is 5.26 Å². The number of nitriles is 1. The quantitative estimate of drug-likeness (QED) is 0.690. The molecule has 0 radical (unpaired) electrons. The Bertz CT molecular complexity index is 781. The van der Waals surface area contributed by atoms with Crippen molar-refractivity contribution < 1.29 is 14.5 Å². The summed E-state index contributed by atoms with van der Waals surface area (Å²) in [6, 6.07) is 12.0. The number of rotatable bonds is 4. The second kappa shape index (κ2) is 6.37. The van der Waals surface area contributed by atoms with E-state index in [2.05, 4.69) is 5.32 Å². The smallest absolute Gasteiger partial charge is 0.273 e. The van der Waals surface area contributed by atoms with Crippen LogP contribution in [0.4, 0.5) is 11.4 Å². The molecule has 0 bridgehead atoms. The molecule has 0 aliphatic rings. The van der Waals surface area contributed by atoms with Crippen LogP contribution in [0.3, 0.4) is 0 Å². The summed E-state index contributed by atoms with van der Waals surface area (Å²) in [5.74, 6) is -0.261. The molecule has 1 amide bonds. The van der Waals surface area contributed by atoms with Gasteiger partial charge in [0.2, 0.25) is 0 Å². The monoisotopic (exact) mass is 297 g/mol. The lowest BCUT2D eigenvalue weighted by atomic mass is 10.1. The van der Waals surface area contributed by atoms with Crippen LogP contribution in [0.2, 0.25) is 0 Å². The number of carbonyl (C=O) groups is 1. The average Bonchev–Trinajstić information content (AvgIpc) is 2.54. The number of nitrogens with one attached hydrogen (secondary N) is 1. The molecule has 7 nitrogen and oxygen atoms in total. The molecular weight excluding hydrogens is 286 g/mol. The first-order chi connectivity index (χ1) is 10.5. The molecule has 0 atom stereocenters. The van der Waals surface area contributed by atoms with E-state index >= 15 is 0 Å². The SMILES string of the molecule is COc1cc([N+](=O)[O-])ccc1NC(=O)c1cccc(C#N)c1. The van der Waals surface area contributed by atoms with Gasteiger partial charge in [-0.2, -0.15) is 5.26 Å². The van der Waals surface area contributed by atoms with Crippen molar-refractivity contribution in [2.45, 2.75) is 0 Å². The number of nitrogens with zero attached hydrogens (tertiary/aromatic N) is 2. The van der Waals surface area contributed by atoms with E-state index in [1.54, 1.807) is 18.2 Å². The highest BCUT2D eigenvalue weighted by Gasteiger charge is 2.14. The summed E-state index contributed by atoms with van der Waals surface area (Å²) in [6.07, 6.45) is 0. The van der Waals surface area contributed by atoms with Crippen molar-refractivity contribution >= 4 is 17.3 Å². The summed E-state index contributed by atoms with van der Waals surface area (Å²) in [4.78, 5) is 22.3. The van der Waals surface area contributed by atoms with Gasteiger partial charge in [0, 0.05) is 11.6 Å². The van der Waals surface area contributed by atoms with Crippen molar-refractivity contribution in [2.24, 2.45) is 0 Å². The Morgan fingerprint density at radius 2 is 2.09 bits per heavy atom. The summed E-state index contributed by atoms with van der Waals surface area (Å²) in [5, 5.41) is 22.2. The fourth-order valence-corrected chi connectivity index (χ4v) is 1.82. The predicted octanol–water partition coefficient (Wildman–Crippen LogP) is 2.73. The van der Waals surface area contributed by atoms with Crippen molar-refractivity contribution in [3.8, 4) is 11.8 Å². The molecule has 0 saturated heterocycles. The van der Waals surface area contributed by atoms with Gasteiger partial charge in [0.05, 0.1) is 35.4 Å². The molecule has 2 aromatic carbocycles. The maximum atomic E-state index is 12.2. The molecule has 0 aliphatic heterocycles. The number of hydrogen-bond acceptors (Lipinski definition) is 5. The van der Waals surface area contributed by atoms with Gasteiger partial charge in [0.15, 0.2) is 0 Å². The first-order valence-electron chi connectivity index (χ1n) is 6.19. The number of ether oxygens (including phenoxy) is 1. The van der Waals surface area contributed by atoms with Gasteiger partial charge in [0.25, 0.3) is 11.6 Å². The van der Waals surface area contributed by atoms with E-state index in [0.29, 0.717) is 16.8 Å². The van der Waals surface area contributed by atoms with Crippen molar-refractivity contribution in [3.05, 3.63) is 63.7 Å². The van der Waals surface area contributed by atoms with Crippen LogP contribution >= 0.6 is 0 Å². The third kappa shape index (κ3) is 3.19. The minimum Gasteiger partial charge on any atom is -0.494 e. The number of methoxy groups -OCH3 is 1. The molecule has 0 spiro atoms. The highest BCUT2D eigenvalue weighted by atomic mass is 16.6. The van der Waals surface area contributed by atoms with Gasteiger partial charge in [-0.25, -0.2) is 0 Å². The number of nitro benzene ring substituents is 1. The second-order valence-corrected chi connectivity index (χ2v) is 4.29. The van der Waals surface area contributed by atoms with Gasteiger partial charge in [-0.05, 0) is 24.3 Å². The molecule has 0 heterocycles. The molecule has 1 N–H and O–H groups in total. The van der Waals surface area contributed by atoms with Crippen LogP contribution < -0.4 is 10.1 Å². The van der Waals surface area contributed by atoms with Gasteiger partial charge in [0.1, 0.15) is 5.75 Å². The lowest BCUT2D eigenvalue weighted by Gasteiger charge is -2.10. The number of anilines is 1. The number of non-ortho nitro benzene ring substituents is 1. The predicted molar refractivity (Wildman–Crippen MR) is 78.8 cm³/mol. The molecule has 110 valence electrons. The Morgan fingerprint density at radius 3 is 2.73 bits per heavy atom. The minimum atomic E-state index is -0.551. The maximum absolute atomic E-state index is 12.2. The molecule has 0 aliphatic carbocycles. The molecule has 7 heteroatoms. The van der Waals surface area contributed by atoms with Gasteiger partial charge >= 0.3 is 0 Å². The Morgan fingerprint density at radius 1 is 1.32 bits per heavy atom. The number of nitro groups is 1. The van der Waals surface area contributed by atoms with Crippen LogP contribution in [0, 0.1) is 21.4 Å². The summed E-state index contributed by atoms with van der Waals surface area (Å²) in [5.41, 5.74) is 0.838. The third-order valence-corrected chi connectivity index (χ3v) is 2.90. The standard InChI is InChI=1S/C15H11N3O4/c1-22-14-8-12(18(20)21)5-6-13(14)17-15(19)11-4-2-3-10(7-11)9-16/h2-8H,1H3,(H,17,19). The Balaban J connectivity index is 2.28. The number of benzene rings is 2. The van der Waals surface area contributed by atoms with E-state index in [-0.39, 0.29) is 11.4 Å². The molecule has 2 rings (SSSR count). The van der Waals surface area contributed by atoms with Crippen LogP contribution in [0.1, 0.15) is 15.9 Å². The normalized spacial score (nSPS) is 9.64. The van der Waals surface area contributed by atoms with Crippen molar-refractivity contribution in [3.63, 3.8) is 0 Å². The topological polar surface area (TPSA) is 105 Å². The Kier molecular flexibility index (Phi) is 4.34. The van der Waals surface area contributed by atoms with E-state index < -0.39 is 10.8 Å². The molecule has 2 aromatic rings. The highest BCUT2D eigenvalue weighted by molar-refractivity contribution is 6.05. The maximum Gasteiger partial charge on any atom is 0.273 e. The van der Waals surface area contributed by atoms with E-state index in [9.17, 15) is 14.9 Å². The second-order valence-electron chi connectivity index (χ2n) is 4.29. The Hall–Kier alpha value is -3.40. The van der Waals surface area contributed by atoms with Gasteiger partial charge < -0.3 is 10.1 Å². The summed E-state index contributed by atoms with van der Waals surface area (Å²) in [7, 11) is 1.35. The van der Waals surface area contributed by atoms with Crippen LogP contribution in [0.15, 0.2) is 42.5 Å². The summed E-state index contributed by atoms with van der Waals surface area (Å²) in [6.45, 7) is 0. The zero-order valence-corrected chi connectivity index (χ0v) is 11.6. The zero-order chi connectivity index (χ0) is 16.1. The van der Waals surface area contributed by atoms with E-state index in [0.717, 1.165) is 0 Å². The third-order valence-electron chi connectivity index (χ3n) is 2.90. The fraction of sp³-hybridized carbons (Fsp3) is 0.0667. The first kappa shape index (κ1) is 15.0. The molecule has 0 unspecified atom stereocenters. The average molecular weight is 297 g/mol. The zero-order valence-electron chi connectivity index (χ0n) is 11.6. The number of amides is 1. The van der Waals surface area contributed by atoms with Gasteiger partial charge in [-0.3, -0.25) is 14.9 Å². The highest BCUT2D eigenvalue weighted by Crippen LogP contribution is 2.29. The van der Waals surface area contributed by atoms with Crippen LogP contribution in [0.25, 0.3) is 0 Å². The largest absolute Gasteiger partial charge is 0.494 e. The van der Waals surface area contributed by atoms with Crippen LogP contribution in [-0.4, -0.2) is 17.9 Å². The van der Waals surface area contributed by atoms with Crippen molar-refractivity contribution in [1.82, 2.24) is 0 Å². The van der Waals surface area contributed by atoms with Gasteiger partial charge in [-0.15, -0.1) is 0 Å². The minimum absolute atomic E-state index is 0.138. The molecule has 0 saturated carbocycles. The lowest BCUT2D eigenvalue weighted by molar-refractivity contribution is -0.384. The molecule has 22 heavy (non-hydrogen) atoms. The van der Waals surface area contributed by atoms with E-state index in [4.69, 9.17) is 10.00 Å². The van der Waals surface area contributed by atoms with Crippen molar-refractivity contribution in [2.75, 3.05) is 12.4 Å². The molecular formula is C15H11N3O4. The summed E-state index contributed by atoms with van der Waals surface area (Å²) >= 11 is 0. The van der Waals surface area contributed by atoms with E-state index in [1.807, 2.05) is 6.07 Å². The van der Waals surface area contributed by atoms with E-state index in [1.165, 1.54) is 31.4 Å². The first-order valence-corrected chi connectivity index (χ1v) is 6.19. The lowest BCUT2D eigenvalue weighted by Crippen LogP contribution is -2.12. The van der Waals surface area contributed by atoms with Crippen LogP contribution in [0.5, 0.6) is 5.75 Å². The Labute approximate surface area is 125 Å². The molecule has 0 aromatic heterocycles.